The van der Waals surface area contributed by atoms with Gasteiger partial charge in [-0.1, -0.05) is 71.1 Å². The first-order chi connectivity index (χ1) is 11.3. The maximum atomic E-state index is 10.9. The molecule has 3 nitrogen and oxygen atoms in total. The second-order valence-corrected chi connectivity index (χ2v) is 14.6. The predicted octanol–water partition coefficient (Wildman–Crippen LogP) is 6.53. The molecule has 24 heavy (non-hydrogen) atoms. The summed E-state index contributed by atoms with van der Waals surface area (Å²) in [6.07, 6.45) is 19.7. The Kier molecular flexibility index (Phi) is 15.1. The molecule has 0 aliphatic carbocycles. The van der Waals surface area contributed by atoms with Crippen LogP contribution in [-0.2, 0) is 4.57 Å². The van der Waals surface area contributed by atoms with Gasteiger partial charge >= 0.3 is 7.60 Å². The smallest absolute Gasteiger partial charge is 0.324 e. The van der Waals surface area contributed by atoms with E-state index in [9.17, 15) is 4.57 Å². The van der Waals surface area contributed by atoms with E-state index in [2.05, 4.69) is 20.3 Å². The van der Waals surface area contributed by atoms with Crippen LogP contribution in [-0.4, -0.2) is 41.6 Å². The van der Waals surface area contributed by atoms with Crippen LogP contribution in [0.4, 0.5) is 0 Å². The highest BCUT2D eigenvalue weighted by Crippen LogP contribution is 2.53. The van der Waals surface area contributed by atoms with Gasteiger partial charge in [-0.3, -0.25) is 4.57 Å². The van der Waals surface area contributed by atoms with Crippen LogP contribution < -0.4 is 0 Å². The first kappa shape index (κ1) is 24.6. The van der Waals surface area contributed by atoms with Crippen molar-refractivity contribution < 1.29 is 14.4 Å². The molecule has 0 heterocycles. The highest BCUT2D eigenvalue weighted by molar-refractivity contribution is 7.74. The van der Waals surface area contributed by atoms with Crippen molar-refractivity contribution in [2.45, 2.75) is 90.4 Å². The first-order valence-corrected chi connectivity index (χ1v) is 15.0. The number of hydrogen-bond donors (Lipinski definition) is 2. The summed E-state index contributed by atoms with van der Waals surface area (Å²) in [6, 6.07) is 0. The van der Waals surface area contributed by atoms with E-state index >= 15 is 0 Å². The van der Waals surface area contributed by atoms with E-state index in [4.69, 9.17) is 9.79 Å². The van der Waals surface area contributed by atoms with Crippen molar-refractivity contribution in [1.82, 2.24) is 0 Å². The lowest BCUT2D eigenvalue weighted by atomic mass is 10.1. The lowest BCUT2D eigenvalue weighted by Crippen LogP contribution is -2.03. The van der Waals surface area contributed by atoms with Crippen LogP contribution >= 0.6 is 14.9 Å². The third-order valence-corrected chi connectivity index (χ3v) is 8.78. The van der Waals surface area contributed by atoms with Gasteiger partial charge in [0.2, 0.25) is 0 Å². The summed E-state index contributed by atoms with van der Waals surface area (Å²) in [5.74, 6) is 0. The minimum Gasteiger partial charge on any atom is -0.324 e. The maximum absolute atomic E-state index is 10.9. The van der Waals surface area contributed by atoms with Gasteiger partial charge in [0.05, 0.1) is 18.5 Å². The van der Waals surface area contributed by atoms with Crippen molar-refractivity contribution >= 4 is 14.9 Å². The third kappa shape index (κ3) is 18.9. The Bertz CT molecular complexity index is 327. The SMILES string of the molecule is CCCCCCCCCCCCCC[P+](C)(C)CCCP(=O)(O)O. The van der Waals surface area contributed by atoms with Crippen LogP contribution in [0.15, 0.2) is 0 Å². The summed E-state index contributed by atoms with van der Waals surface area (Å²) >= 11 is 0. The summed E-state index contributed by atoms with van der Waals surface area (Å²) in [5, 5.41) is 0. The average molecular weight is 381 g/mol. The molecule has 0 radical (unpaired) electrons. The zero-order valence-electron chi connectivity index (χ0n) is 16.5. The molecule has 0 aromatic heterocycles. The normalized spacial score (nSPS) is 12.7. The Morgan fingerprint density at radius 2 is 1.04 bits per heavy atom. The van der Waals surface area contributed by atoms with Crippen LogP contribution in [0.1, 0.15) is 90.4 Å². The zero-order valence-corrected chi connectivity index (χ0v) is 18.3. The van der Waals surface area contributed by atoms with Crippen molar-refractivity contribution in [1.29, 1.82) is 0 Å². The summed E-state index contributed by atoms with van der Waals surface area (Å²) in [5.41, 5.74) is 0. The second-order valence-electron chi connectivity index (χ2n) is 8.01. The second kappa shape index (κ2) is 14.7. The van der Waals surface area contributed by atoms with Crippen LogP contribution in [0.3, 0.4) is 0 Å². The fourth-order valence-corrected chi connectivity index (χ4v) is 6.33. The highest BCUT2D eigenvalue weighted by Gasteiger charge is 2.25. The van der Waals surface area contributed by atoms with Crippen LogP contribution in [0, 0.1) is 0 Å². The zero-order chi connectivity index (χ0) is 18.3. The third-order valence-electron chi connectivity index (χ3n) is 4.83. The quantitative estimate of drug-likeness (QED) is 0.222. The summed E-state index contributed by atoms with van der Waals surface area (Å²) in [7, 11) is -4.74. The molecule has 0 aliphatic rings. The molecule has 0 amide bonds. The van der Waals surface area contributed by atoms with Gasteiger partial charge in [0.25, 0.3) is 0 Å². The van der Waals surface area contributed by atoms with Crippen molar-refractivity contribution in [3.8, 4) is 0 Å². The number of unbranched alkanes of at least 4 members (excludes halogenated alkanes) is 11. The van der Waals surface area contributed by atoms with Crippen LogP contribution in [0.5, 0.6) is 0 Å². The van der Waals surface area contributed by atoms with Crippen molar-refractivity contribution in [3.63, 3.8) is 0 Å². The minimum atomic E-state index is -3.79. The van der Waals surface area contributed by atoms with Crippen LogP contribution in [0.25, 0.3) is 0 Å². The molecule has 0 aliphatic heterocycles. The average Bonchev–Trinajstić information content (AvgIpc) is 2.46. The Morgan fingerprint density at radius 3 is 1.46 bits per heavy atom. The van der Waals surface area contributed by atoms with Crippen molar-refractivity contribution in [2.24, 2.45) is 0 Å². The van der Waals surface area contributed by atoms with E-state index in [1.54, 1.807) is 0 Å². The Balaban J connectivity index is 3.37. The number of rotatable bonds is 17. The van der Waals surface area contributed by atoms with Gasteiger partial charge in [0, 0.05) is 20.6 Å². The summed E-state index contributed by atoms with van der Waals surface area (Å²) in [4.78, 5) is 17.9. The fraction of sp³-hybridized carbons (Fsp3) is 1.00. The van der Waals surface area contributed by atoms with Crippen LogP contribution in [0.2, 0.25) is 0 Å². The molecule has 0 aromatic carbocycles. The molecule has 0 atom stereocenters. The lowest BCUT2D eigenvalue weighted by Gasteiger charge is -2.18. The van der Waals surface area contributed by atoms with Crippen molar-refractivity contribution in [2.75, 3.05) is 31.8 Å². The summed E-state index contributed by atoms with van der Waals surface area (Å²) < 4.78 is 10.9. The molecule has 0 spiro atoms. The molecular formula is C19H43O3P2+. The molecule has 0 saturated heterocycles. The van der Waals surface area contributed by atoms with Gasteiger partial charge in [-0.15, -0.1) is 0 Å². The predicted molar refractivity (Wildman–Crippen MR) is 111 cm³/mol. The molecule has 0 rings (SSSR count). The highest BCUT2D eigenvalue weighted by atomic mass is 31.2. The standard InChI is InChI=1S/C19H42O3P2/c1-4-5-6-7-8-9-10-11-12-13-14-15-17-23(2,3)18-16-19-24(20,21)22/h4-19H2,1-3H3,(H-,20,21,22)/p+1. The van der Waals surface area contributed by atoms with Gasteiger partial charge in [-0.05, 0) is 19.3 Å². The van der Waals surface area contributed by atoms with E-state index in [1.165, 1.54) is 83.2 Å². The topological polar surface area (TPSA) is 57.5 Å². The summed E-state index contributed by atoms with van der Waals surface area (Å²) in [6.45, 7) is 6.95. The van der Waals surface area contributed by atoms with E-state index < -0.39 is 14.9 Å². The van der Waals surface area contributed by atoms with E-state index in [1.807, 2.05) is 0 Å². The number of hydrogen-bond acceptors (Lipinski definition) is 1. The van der Waals surface area contributed by atoms with Gasteiger partial charge in [0.15, 0.2) is 0 Å². The molecule has 0 bridgehead atoms. The maximum Gasteiger partial charge on any atom is 0.325 e. The van der Waals surface area contributed by atoms with Gasteiger partial charge in [-0.2, -0.15) is 0 Å². The van der Waals surface area contributed by atoms with E-state index in [0.29, 0.717) is 6.42 Å². The molecule has 146 valence electrons. The fourth-order valence-electron chi connectivity index (χ4n) is 3.20. The Morgan fingerprint density at radius 1 is 0.667 bits per heavy atom. The lowest BCUT2D eigenvalue weighted by molar-refractivity contribution is 0.372. The van der Waals surface area contributed by atoms with Crippen molar-refractivity contribution in [3.05, 3.63) is 0 Å². The van der Waals surface area contributed by atoms with E-state index in [0.717, 1.165) is 6.16 Å². The van der Waals surface area contributed by atoms with Gasteiger partial charge in [-0.25, -0.2) is 0 Å². The Labute approximate surface area is 151 Å². The molecule has 2 N–H and O–H groups in total. The molecular weight excluding hydrogens is 338 g/mol. The largest absolute Gasteiger partial charge is 0.325 e. The molecule has 5 heteroatoms. The monoisotopic (exact) mass is 381 g/mol. The molecule has 0 fully saturated rings. The molecule has 0 unspecified atom stereocenters. The molecule has 0 saturated carbocycles. The van der Waals surface area contributed by atoms with Gasteiger partial charge in [0.1, 0.15) is 0 Å². The van der Waals surface area contributed by atoms with E-state index in [-0.39, 0.29) is 6.16 Å². The minimum absolute atomic E-state index is 0.0644. The van der Waals surface area contributed by atoms with Gasteiger partial charge < -0.3 is 9.79 Å². The molecule has 0 aromatic rings. The Hall–Kier alpha value is 0.580. The first-order valence-electron chi connectivity index (χ1n) is 10.1.